The molecule has 0 unspecified atom stereocenters. The van der Waals surface area contributed by atoms with Crippen LogP contribution < -0.4 is 25.7 Å². The molecule has 220 valence electrons. The van der Waals surface area contributed by atoms with Crippen molar-refractivity contribution in [3.05, 3.63) is 94.5 Å². The number of amides is 1. The van der Waals surface area contributed by atoms with Crippen molar-refractivity contribution in [3.8, 4) is 17.2 Å². The van der Waals surface area contributed by atoms with Gasteiger partial charge in [-0.15, -0.1) is 0 Å². The minimum Gasteiger partial charge on any atom is -0.450 e. The summed E-state index contributed by atoms with van der Waals surface area (Å²) >= 11 is 0. The highest BCUT2D eigenvalue weighted by atomic mass is 19.1. The zero-order chi connectivity index (χ0) is 30.2. The molecule has 2 N–H and O–H groups in total. The number of anilines is 3. The lowest BCUT2D eigenvalue weighted by Crippen LogP contribution is -2.25. The van der Waals surface area contributed by atoms with Gasteiger partial charge in [0.05, 0.1) is 11.1 Å². The number of fused-ring (bicyclic) bond motifs is 4. The fourth-order valence-electron chi connectivity index (χ4n) is 5.48. The number of ether oxygens (including phenoxy) is 1. The van der Waals surface area contributed by atoms with Gasteiger partial charge in [0, 0.05) is 43.6 Å². The standard InChI is InChI=1S/C34H34FN5O3/c1-38(2)18-8-7-17-36-29-27(35)19-25-30-33(29)43-32-24-10-6-5-9-21(24)11-16-28(32)40(30)20-26(31(25)41)34(42)37-22-12-14-23(15-13-22)39(3)4/h5-6,9-16,19-20,36H,7-8,17-18H2,1-4H3,(H,37,42). The molecule has 43 heavy (non-hydrogen) atoms. The molecule has 1 aliphatic rings. The SMILES string of the molecule is CN(C)CCCCNc1c(F)cc2c(=O)c(C(=O)Nc3ccc(N(C)C)cc3)cn3c2c1Oc1c-3ccc2ccccc12. The van der Waals surface area contributed by atoms with Gasteiger partial charge in [-0.25, -0.2) is 4.39 Å². The summed E-state index contributed by atoms with van der Waals surface area (Å²) in [6, 6.07) is 20.1. The maximum absolute atomic E-state index is 15.8. The highest BCUT2D eigenvalue weighted by Crippen LogP contribution is 2.47. The lowest BCUT2D eigenvalue weighted by Gasteiger charge is -2.27. The predicted octanol–water partition coefficient (Wildman–Crippen LogP) is 6.46. The van der Waals surface area contributed by atoms with E-state index in [9.17, 15) is 9.59 Å². The molecule has 1 aliphatic heterocycles. The minimum absolute atomic E-state index is 0.0695. The normalized spacial score (nSPS) is 11.9. The van der Waals surface area contributed by atoms with E-state index in [0.717, 1.165) is 35.8 Å². The largest absolute Gasteiger partial charge is 0.450 e. The van der Waals surface area contributed by atoms with Gasteiger partial charge in [0.15, 0.2) is 17.3 Å². The van der Waals surface area contributed by atoms with Crippen LogP contribution in [0.1, 0.15) is 23.2 Å². The molecule has 5 aromatic rings. The molecular weight excluding hydrogens is 545 g/mol. The van der Waals surface area contributed by atoms with Gasteiger partial charge >= 0.3 is 0 Å². The molecule has 0 fully saturated rings. The van der Waals surface area contributed by atoms with Gasteiger partial charge < -0.3 is 29.7 Å². The Bertz CT molecular complexity index is 1910. The van der Waals surface area contributed by atoms with E-state index in [1.807, 2.05) is 81.6 Å². The van der Waals surface area contributed by atoms with Crippen LogP contribution in [0, 0.1) is 5.82 Å². The molecule has 4 aromatic carbocycles. The van der Waals surface area contributed by atoms with Gasteiger partial charge in [-0.1, -0.05) is 30.3 Å². The number of hydrogen-bond acceptors (Lipinski definition) is 6. The fourth-order valence-corrected chi connectivity index (χ4v) is 5.48. The number of hydrogen-bond donors (Lipinski definition) is 2. The van der Waals surface area contributed by atoms with Crippen LogP contribution in [-0.4, -0.2) is 56.7 Å². The second-order valence-electron chi connectivity index (χ2n) is 11.3. The molecule has 0 bridgehead atoms. The summed E-state index contributed by atoms with van der Waals surface area (Å²) in [7, 11) is 7.90. The molecule has 0 radical (unpaired) electrons. The predicted molar refractivity (Wildman–Crippen MR) is 172 cm³/mol. The van der Waals surface area contributed by atoms with Crippen molar-refractivity contribution in [1.82, 2.24) is 9.47 Å². The van der Waals surface area contributed by atoms with Gasteiger partial charge in [0.2, 0.25) is 5.43 Å². The number of pyridine rings is 1. The zero-order valence-corrected chi connectivity index (χ0v) is 24.7. The Morgan fingerprint density at radius 1 is 0.930 bits per heavy atom. The lowest BCUT2D eigenvalue weighted by molar-refractivity contribution is 0.102. The Kier molecular flexibility index (Phi) is 7.50. The maximum Gasteiger partial charge on any atom is 0.261 e. The van der Waals surface area contributed by atoms with Crippen LogP contribution in [0.15, 0.2) is 77.7 Å². The van der Waals surface area contributed by atoms with Crippen LogP contribution in [0.3, 0.4) is 0 Å². The van der Waals surface area contributed by atoms with Crippen LogP contribution in [0.5, 0.6) is 11.5 Å². The molecule has 0 saturated heterocycles. The van der Waals surface area contributed by atoms with E-state index in [1.54, 1.807) is 16.7 Å². The number of unbranched alkanes of at least 4 members (excludes halogenated alkanes) is 1. The minimum atomic E-state index is -0.612. The number of benzene rings is 4. The summed E-state index contributed by atoms with van der Waals surface area (Å²) in [6.07, 6.45) is 3.31. The van der Waals surface area contributed by atoms with E-state index in [4.69, 9.17) is 4.74 Å². The average molecular weight is 580 g/mol. The molecular formula is C34H34FN5O3. The second-order valence-corrected chi connectivity index (χ2v) is 11.3. The van der Waals surface area contributed by atoms with E-state index in [1.165, 1.54) is 12.3 Å². The van der Waals surface area contributed by atoms with E-state index >= 15 is 4.39 Å². The fraction of sp³-hybridized carbons (Fsp3) is 0.235. The van der Waals surface area contributed by atoms with Crippen LogP contribution in [0.4, 0.5) is 21.5 Å². The molecule has 9 heteroatoms. The first-order valence-electron chi connectivity index (χ1n) is 14.3. The number of rotatable bonds is 9. The van der Waals surface area contributed by atoms with Crippen LogP contribution >= 0.6 is 0 Å². The second kappa shape index (κ2) is 11.4. The summed E-state index contributed by atoms with van der Waals surface area (Å²) in [5.74, 6) is -0.427. The Labute approximate surface area is 249 Å². The van der Waals surface area contributed by atoms with E-state index in [0.29, 0.717) is 29.2 Å². The first-order chi connectivity index (χ1) is 20.7. The smallest absolute Gasteiger partial charge is 0.261 e. The molecule has 0 saturated carbocycles. The monoisotopic (exact) mass is 579 g/mol. The van der Waals surface area contributed by atoms with Crippen molar-refractivity contribution in [2.45, 2.75) is 12.8 Å². The van der Waals surface area contributed by atoms with Crippen molar-refractivity contribution >= 4 is 44.6 Å². The molecule has 0 atom stereocenters. The Morgan fingerprint density at radius 2 is 1.70 bits per heavy atom. The van der Waals surface area contributed by atoms with Crippen molar-refractivity contribution in [2.75, 3.05) is 56.8 Å². The number of halogens is 1. The zero-order valence-electron chi connectivity index (χ0n) is 24.7. The maximum atomic E-state index is 15.8. The highest BCUT2D eigenvalue weighted by Gasteiger charge is 2.29. The summed E-state index contributed by atoms with van der Waals surface area (Å²) < 4.78 is 24.1. The number of nitrogens with one attached hydrogen (secondary N) is 2. The molecule has 0 aliphatic carbocycles. The third-order valence-electron chi connectivity index (χ3n) is 7.74. The van der Waals surface area contributed by atoms with Gasteiger partial charge in [0.25, 0.3) is 5.91 Å². The van der Waals surface area contributed by atoms with Crippen LogP contribution in [0.2, 0.25) is 0 Å². The van der Waals surface area contributed by atoms with Crippen LogP contribution in [0.25, 0.3) is 27.4 Å². The average Bonchev–Trinajstić information content (AvgIpc) is 2.99. The van der Waals surface area contributed by atoms with Gasteiger partial charge in [-0.05, 0) is 75.3 Å². The Balaban J connectivity index is 1.48. The third-order valence-corrected chi connectivity index (χ3v) is 7.74. The molecule has 2 heterocycles. The molecule has 8 nitrogen and oxygen atoms in total. The Hall–Kier alpha value is -4.89. The summed E-state index contributed by atoms with van der Waals surface area (Å²) in [4.78, 5) is 31.4. The number of carbonyl (C=O) groups excluding carboxylic acids is 1. The first-order valence-corrected chi connectivity index (χ1v) is 14.3. The summed E-state index contributed by atoms with van der Waals surface area (Å²) in [5, 5.41) is 7.92. The van der Waals surface area contributed by atoms with Crippen molar-refractivity contribution in [1.29, 1.82) is 0 Å². The van der Waals surface area contributed by atoms with Gasteiger partial charge in [0.1, 0.15) is 16.8 Å². The number of aromatic nitrogens is 1. The first kappa shape index (κ1) is 28.2. The van der Waals surface area contributed by atoms with Crippen molar-refractivity contribution in [3.63, 3.8) is 0 Å². The molecule has 0 spiro atoms. The molecule has 6 rings (SSSR count). The topological polar surface area (TPSA) is 78.8 Å². The van der Waals surface area contributed by atoms with Crippen molar-refractivity contribution in [2.24, 2.45) is 0 Å². The highest BCUT2D eigenvalue weighted by molar-refractivity contribution is 6.07. The number of carbonyl (C=O) groups is 1. The number of nitrogens with zero attached hydrogens (tertiary/aromatic N) is 3. The molecule has 1 amide bonds. The van der Waals surface area contributed by atoms with Crippen molar-refractivity contribution < 1.29 is 13.9 Å². The van der Waals surface area contributed by atoms with E-state index < -0.39 is 17.2 Å². The van der Waals surface area contributed by atoms with Gasteiger partial charge in [-0.2, -0.15) is 0 Å². The van der Waals surface area contributed by atoms with Crippen LogP contribution in [-0.2, 0) is 0 Å². The summed E-state index contributed by atoms with van der Waals surface area (Å²) in [5.41, 5.74) is 2.12. The third kappa shape index (κ3) is 5.28. The molecule has 1 aromatic heterocycles. The summed E-state index contributed by atoms with van der Waals surface area (Å²) in [6.45, 7) is 1.46. The van der Waals surface area contributed by atoms with Gasteiger partial charge in [-0.3, -0.25) is 9.59 Å². The quantitative estimate of drug-likeness (QED) is 0.192. The van der Waals surface area contributed by atoms with E-state index in [-0.39, 0.29) is 22.4 Å². The lowest BCUT2D eigenvalue weighted by atomic mass is 10.0. The van der Waals surface area contributed by atoms with E-state index in [2.05, 4.69) is 15.5 Å². The Morgan fingerprint density at radius 3 is 2.44 bits per heavy atom.